The zero-order valence-electron chi connectivity index (χ0n) is 13.8. The van der Waals surface area contributed by atoms with Crippen molar-refractivity contribution in [3.8, 4) is 0 Å². The van der Waals surface area contributed by atoms with Crippen LogP contribution in [0.15, 0.2) is 65.7 Å². The summed E-state index contributed by atoms with van der Waals surface area (Å²) >= 11 is 0. The van der Waals surface area contributed by atoms with E-state index in [1.807, 2.05) is 60.7 Å². The Kier molecular flexibility index (Phi) is 7.14. The first-order valence-electron chi connectivity index (χ1n) is 7.62. The largest absolute Gasteiger partial charge is 0.443 e. The number of amides is 1. The summed E-state index contributed by atoms with van der Waals surface area (Å²) in [5.74, 6) is 0. The highest BCUT2D eigenvalue weighted by Crippen LogP contribution is 2.11. The lowest BCUT2D eigenvalue weighted by Crippen LogP contribution is -2.20. The zero-order chi connectivity index (χ0) is 17.2. The quantitative estimate of drug-likeness (QED) is 0.573. The summed E-state index contributed by atoms with van der Waals surface area (Å²) in [6.07, 6.45) is -0.771. The molecule has 0 spiro atoms. The number of aliphatic imine (C=N–C) groups is 1. The third-order valence-corrected chi connectivity index (χ3v) is 3.42. The maximum absolute atomic E-state index is 12.1. The average molecular weight is 327 g/mol. The molecular weight excluding hydrogens is 306 g/mol. The molecule has 0 N–H and O–H groups in total. The van der Waals surface area contributed by atoms with Crippen LogP contribution in [0.2, 0.25) is 0 Å². The van der Waals surface area contributed by atoms with Crippen molar-refractivity contribution in [3.63, 3.8) is 0 Å². The van der Waals surface area contributed by atoms with Gasteiger partial charge in [0.05, 0.1) is 5.71 Å². The summed E-state index contributed by atoms with van der Waals surface area (Å²) in [5, 5.41) is 0. The number of carbonyl (C=O) groups excluding carboxylic acids is 1. The van der Waals surface area contributed by atoms with Gasteiger partial charge in [0.25, 0.3) is 0 Å². The van der Waals surface area contributed by atoms with Crippen molar-refractivity contribution in [2.45, 2.75) is 19.3 Å². The molecule has 0 aliphatic heterocycles. The molecule has 1 amide bonds. The molecule has 0 aliphatic rings. The summed E-state index contributed by atoms with van der Waals surface area (Å²) in [4.78, 5) is 16.2. The molecule has 5 heteroatoms. The van der Waals surface area contributed by atoms with E-state index in [2.05, 4.69) is 4.99 Å². The van der Waals surface area contributed by atoms with Crippen LogP contribution in [0, 0.1) is 0 Å². The highest BCUT2D eigenvalue weighted by Gasteiger charge is 2.14. The van der Waals surface area contributed by atoms with Gasteiger partial charge in [-0.1, -0.05) is 60.7 Å². The van der Waals surface area contributed by atoms with Crippen molar-refractivity contribution >= 4 is 11.8 Å². The van der Waals surface area contributed by atoms with Gasteiger partial charge in [-0.3, -0.25) is 0 Å². The van der Waals surface area contributed by atoms with Crippen molar-refractivity contribution in [1.29, 1.82) is 0 Å². The number of methoxy groups -OCH3 is 2. The van der Waals surface area contributed by atoms with Gasteiger partial charge in [0.15, 0.2) is 6.29 Å². The van der Waals surface area contributed by atoms with Crippen LogP contribution < -0.4 is 0 Å². The number of ether oxygens (including phenoxy) is 3. The second kappa shape index (κ2) is 9.60. The number of hydrogen-bond acceptors (Lipinski definition) is 4. The second-order valence-electron chi connectivity index (χ2n) is 5.07. The van der Waals surface area contributed by atoms with E-state index in [1.54, 1.807) is 14.2 Å². The van der Waals surface area contributed by atoms with Crippen molar-refractivity contribution in [2.24, 2.45) is 4.99 Å². The van der Waals surface area contributed by atoms with Gasteiger partial charge in [-0.05, 0) is 11.1 Å². The summed E-state index contributed by atoms with van der Waals surface area (Å²) in [6.45, 7) is 0.184. The monoisotopic (exact) mass is 327 g/mol. The van der Waals surface area contributed by atoms with Crippen LogP contribution in [-0.2, 0) is 20.8 Å². The summed E-state index contributed by atoms with van der Waals surface area (Å²) in [6, 6.07) is 18.9. The fourth-order valence-corrected chi connectivity index (χ4v) is 2.14. The molecule has 0 bridgehead atoms. The summed E-state index contributed by atoms with van der Waals surface area (Å²) in [5.41, 5.74) is 2.30. The van der Waals surface area contributed by atoms with Crippen molar-refractivity contribution in [2.75, 3.05) is 14.2 Å². The molecule has 0 aromatic heterocycles. The maximum atomic E-state index is 12.1. The van der Waals surface area contributed by atoms with Crippen LogP contribution in [0.4, 0.5) is 4.79 Å². The first-order chi connectivity index (χ1) is 11.7. The molecule has 126 valence electrons. The SMILES string of the molecule is COC(CC(=NC(=O)OCc1ccccc1)c1ccccc1)OC. The molecule has 0 fully saturated rings. The Morgan fingerprint density at radius 1 is 0.958 bits per heavy atom. The number of benzene rings is 2. The van der Waals surface area contributed by atoms with E-state index < -0.39 is 12.4 Å². The molecule has 0 atom stereocenters. The Morgan fingerprint density at radius 3 is 2.12 bits per heavy atom. The Hall–Kier alpha value is -2.50. The molecule has 0 saturated carbocycles. The second-order valence-corrected chi connectivity index (χ2v) is 5.07. The minimum atomic E-state index is -0.635. The predicted octanol–water partition coefficient (Wildman–Crippen LogP) is 3.82. The average Bonchev–Trinajstić information content (AvgIpc) is 2.65. The molecule has 5 nitrogen and oxygen atoms in total. The summed E-state index contributed by atoms with van der Waals surface area (Å²) < 4.78 is 15.6. The van der Waals surface area contributed by atoms with Crippen LogP contribution in [0.25, 0.3) is 0 Å². The van der Waals surface area contributed by atoms with Gasteiger partial charge >= 0.3 is 6.09 Å². The minimum absolute atomic E-state index is 0.184. The minimum Gasteiger partial charge on any atom is -0.443 e. The molecule has 2 rings (SSSR count). The molecular formula is C19H21NO4. The maximum Gasteiger partial charge on any atom is 0.434 e. The van der Waals surface area contributed by atoms with E-state index in [0.29, 0.717) is 12.1 Å². The highest BCUT2D eigenvalue weighted by atomic mass is 16.7. The van der Waals surface area contributed by atoms with Gasteiger partial charge in [-0.15, -0.1) is 0 Å². The van der Waals surface area contributed by atoms with Crippen molar-refractivity contribution in [1.82, 2.24) is 0 Å². The van der Waals surface area contributed by atoms with Gasteiger partial charge < -0.3 is 14.2 Å². The lowest BCUT2D eigenvalue weighted by molar-refractivity contribution is -0.0957. The van der Waals surface area contributed by atoms with Crippen molar-refractivity contribution < 1.29 is 19.0 Å². The Balaban J connectivity index is 2.10. The van der Waals surface area contributed by atoms with Gasteiger partial charge in [0.2, 0.25) is 0 Å². The summed E-state index contributed by atoms with van der Waals surface area (Å²) in [7, 11) is 3.09. The third kappa shape index (κ3) is 5.61. The van der Waals surface area contributed by atoms with E-state index in [4.69, 9.17) is 14.2 Å². The smallest absolute Gasteiger partial charge is 0.434 e. The fraction of sp³-hybridized carbons (Fsp3) is 0.263. The fourth-order valence-electron chi connectivity index (χ4n) is 2.14. The molecule has 2 aromatic rings. The topological polar surface area (TPSA) is 57.1 Å². The van der Waals surface area contributed by atoms with Crippen molar-refractivity contribution in [3.05, 3.63) is 71.8 Å². The standard InChI is InChI=1S/C19H21NO4/c1-22-18(23-2)13-17(16-11-7-4-8-12-16)20-19(21)24-14-15-9-5-3-6-10-15/h3-12,18H,13-14H2,1-2H3. The van der Waals surface area contributed by atoms with E-state index in [9.17, 15) is 4.79 Å². The molecule has 0 saturated heterocycles. The number of hydrogen-bond donors (Lipinski definition) is 0. The van der Waals surface area contributed by atoms with Gasteiger partial charge in [-0.25, -0.2) is 4.79 Å². The highest BCUT2D eigenvalue weighted by molar-refractivity contribution is 6.05. The van der Waals surface area contributed by atoms with Crippen LogP contribution in [0.1, 0.15) is 17.5 Å². The Labute approximate surface area is 141 Å². The Bertz CT molecular complexity index is 652. The van der Waals surface area contributed by atoms with E-state index >= 15 is 0 Å². The van der Waals surface area contributed by atoms with Crippen LogP contribution in [0.3, 0.4) is 0 Å². The first kappa shape index (κ1) is 17.8. The molecule has 2 aromatic carbocycles. The zero-order valence-corrected chi connectivity index (χ0v) is 13.8. The predicted molar refractivity (Wildman–Crippen MR) is 92.0 cm³/mol. The van der Waals surface area contributed by atoms with Gasteiger partial charge in [0.1, 0.15) is 6.61 Å². The lowest BCUT2D eigenvalue weighted by atomic mass is 10.1. The first-order valence-corrected chi connectivity index (χ1v) is 7.62. The van der Waals surface area contributed by atoms with Crippen LogP contribution in [-0.4, -0.2) is 32.3 Å². The number of rotatable bonds is 7. The molecule has 0 unspecified atom stereocenters. The van der Waals surface area contributed by atoms with Gasteiger partial charge in [-0.2, -0.15) is 4.99 Å². The molecule has 0 aliphatic carbocycles. The van der Waals surface area contributed by atoms with E-state index in [0.717, 1.165) is 11.1 Å². The Morgan fingerprint density at radius 2 is 1.54 bits per heavy atom. The molecule has 0 radical (unpaired) electrons. The van der Waals surface area contributed by atoms with Gasteiger partial charge in [0, 0.05) is 20.6 Å². The van der Waals surface area contributed by atoms with E-state index in [1.165, 1.54) is 0 Å². The third-order valence-electron chi connectivity index (χ3n) is 3.42. The molecule has 0 heterocycles. The normalized spacial score (nSPS) is 11.5. The van der Waals surface area contributed by atoms with E-state index in [-0.39, 0.29) is 6.61 Å². The number of nitrogens with zero attached hydrogens (tertiary/aromatic N) is 1. The van der Waals surface area contributed by atoms with Crippen LogP contribution in [0.5, 0.6) is 0 Å². The molecule has 24 heavy (non-hydrogen) atoms. The lowest BCUT2D eigenvalue weighted by Gasteiger charge is -2.15. The number of carbonyl (C=O) groups is 1. The van der Waals surface area contributed by atoms with Crippen LogP contribution >= 0.6 is 0 Å².